The zero-order valence-corrected chi connectivity index (χ0v) is 13.2. The molecule has 1 amide bonds. The second-order valence-electron chi connectivity index (χ2n) is 5.21. The third-order valence-corrected chi connectivity index (χ3v) is 3.84. The number of rotatable bonds is 4. The molecule has 1 aromatic heterocycles. The van der Waals surface area contributed by atoms with Crippen LogP contribution in [0.15, 0.2) is 54.7 Å². The highest BCUT2D eigenvalue weighted by molar-refractivity contribution is 6.12. The minimum absolute atomic E-state index is 0.147. The molecule has 0 atom stereocenters. The number of carbonyl (C=O) groups excluding carboxylic acids is 1. The van der Waals surface area contributed by atoms with Gasteiger partial charge in [-0.25, -0.2) is 0 Å². The summed E-state index contributed by atoms with van der Waals surface area (Å²) in [6, 6.07) is 15.1. The highest BCUT2D eigenvalue weighted by atomic mass is 16.5. The number of nitrogens with one attached hydrogen (secondary N) is 1. The van der Waals surface area contributed by atoms with Crippen molar-refractivity contribution in [2.75, 3.05) is 12.4 Å². The largest absolute Gasteiger partial charge is 0.497 e. The molecule has 4 nitrogen and oxygen atoms in total. The SMILES string of the molecule is CCc1ccccc1NC(=O)c1ccnc2ccc(OC)cc12. The second kappa shape index (κ2) is 6.48. The maximum Gasteiger partial charge on any atom is 0.256 e. The molecule has 0 saturated heterocycles. The molecular formula is C19H18N2O2. The first-order valence-electron chi connectivity index (χ1n) is 7.55. The summed E-state index contributed by atoms with van der Waals surface area (Å²) in [4.78, 5) is 17.0. The minimum Gasteiger partial charge on any atom is -0.497 e. The van der Waals surface area contributed by atoms with Gasteiger partial charge in [-0.1, -0.05) is 25.1 Å². The van der Waals surface area contributed by atoms with Gasteiger partial charge in [0, 0.05) is 17.3 Å². The Labute approximate surface area is 135 Å². The molecule has 0 bridgehead atoms. The van der Waals surface area contributed by atoms with Gasteiger partial charge in [0.15, 0.2) is 0 Å². The molecule has 3 aromatic rings. The van der Waals surface area contributed by atoms with Crippen molar-refractivity contribution in [3.63, 3.8) is 0 Å². The van der Waals surface area contributed by atoms with E-state index in [1.807, 2.05) is 42.5 Å². The van der Waals surface area contributed by atoms with Crippen LogP contribution in [0.2, 0.25) is 0 Å². The molecule has 1 heterocycles. The van der Waals surface area contributed by atoms with Crippen LogP contribution in [0.5, 0.6) is 5.75 Å². The monoisotopic (exact) mass is 306 g/mol. The smallest absolute Gasteiger partial charge is 0.256 e. The van der Waals surface area contributed by atoms with E-state index in [2.05, 4.69) is 17.2 Å². The first-order chi connectivity index (χ1) is 11.2. The lowest BCUT2D eigenvalue weighted by Gasteiger charge is -2.11. The predicted octanol–water partition coefficient (Wildman–Crippen LogP) is 4.06. The number of methoxy groups -OCH3 is 1. The van der Waals surface area contributed by atoms with E-state index < -0.39 is 0 Å². The number of anilines is 1. The van der Waals surface area contributed by atoms with Crippen LogP contribution in [-0.2, 0) is 6.42 Å². The minimum atomic E-state index is -0.147. The Balaban J connectivity index is 2.00. The Morgan fingerprint density at radius 3 is 2.78 bits per heavy atom. The number of benzene rings is 2. The van der Waals surface area contributed by atoms with Gasteiger partial charge in [0.1, 0.15) is 5.75 Å². The van der Waals surface area contributed by atoms with Gasteiger partial charge < -0.3 is 10.1 Å². The third kappa shape index (κ3) is 3.01. The highest BCUT2D eigenvalue weighted by Gasteiger charge is 2.13. The lowest BCUT2D eigenvalue weighted by atomic mass is 10.1. The summed E-state index contributed by atoms with van der Waals surface area (Å²) in [5, 5.41) is 3.78. The van der Waals surface area contributed by atoms with Crippen molar-refractivity contribution in [3.05, 3.63) is 65.9 Å². The van der Waals surface area contributed by atoms with Gasteiger partial charge in [0.05, 0.1) is 18.2 Å². The van der Waals surface area contributed by atoms with Crippen LogP contribution in [0.1, 0.15) is 22.8 Å². The fourth-order valence-corrected chi connectivity index (χ4v) is 2.59. The normalized spacial score (nSPS) is 10.5. The average molecular weight is 306 g/mol. The fraction of sp³-hybridized carbons (Fsp3) is 0.158. The zero-order valence-electron chi connectivity index (χ0n) is 13.2. The van der Waals surface area contributed by atoms with Crippen LogP contribution in [0.25, 0.3) is 10.9 Å². The summed E-state index contributed by atoms with van der Waals surface area (Å²) in [6.45, 7) is 2.07. The van der Waals surface area contributed by atoms with Gasteiger partial charge in [-0.05, 0) is 42.3 Å². The molecule has 0 fully saturated rings. The number of amides is 1. The summed E-state index contributed by atoms with van der Waals surface area (Å²) in [7, 11) is 1.61. The number of fused-ring (bicyclic) bond motifs is 1. The number of hydrogen-bond acceptors (Lipinski definition) is 3. The molecule has 0 aliphatic heterocycles. The van der Waals surface area contributed by atoms with Crippen LogP contribution >= 0.6 is 0 Å². The molecule has 0 spiro atoms. The van der Waals surface area contributed by atoms with Gasteiger partial charge >= 0.3 is 0 Å². The first kappa shape index (κ1) is 15.0. The Hall–Kier alpha value is -2.88. The predicted molar refractivity (Wildman–Crippen MR) is 92.1 cm³/mol. The Kier molecular flexibility index (Phi) is 4.24. The molecule has 0 radical (unpaired) electrons. The van der Waals surface area contributed by atoms with Gasteiger partial charge in [-0.2, -0.15) is 0 Å². The molecule has 4 heteroatoms. The Morgan fingerprint density at radius 1 is 1.17 bits per heavy atom. The molecule has 0 saturated carbocycles. The lowest BCUT2D eigenvalue weighted by molar-refractivity contribution is 0.102. The second-order valence-corrected chi connectivity index (χ2v) is 5.21. The summed E-state index contributed by atoms with van der Waals surface area (Å²) in [5.41, 5.74) is 3.30. The van der Waals surface area contributed by atoms with Gasteiger partial charge in [0.2, 0.25) is 0 Å². The summed E-state index contributed by atoms with van der Waals surface area (Å²) in [6.07, 6.45) is 2.51. The molecule has 2 aromatic carbocycles. The zero-order chi connectivity index (χ0) is 16.2. The van der Waals surface area contributed by atoms with Gasteiger partial charge in [0.25, 0.3) is 5.91 Å². The maximum atomic E-state index is 12.7. The number of aryl methyl sites for hydroxylation is 1. The summed E-state index contributed by atoms with van der Waals surface area (Å²) in [5.74, 6) is 0.556. The first-order valence-corrected chi connectivity index (χ1v) is 7.55. The van der Waals surface area contributed by atoms with E-state index in [1.54, 1.807) is 19.4 Å². The van der Waals surface area contributed by atoms with Crippen LogP contribution in [0.3, 0.4) is 0 Å². The molecule has 0 unspecified atom stereocenters. The van der Waals surface area contributed by atoms with Crippen molar-refractivity contribution >= 4 is 22.5 Å². The highest BCUT2D eigenvalue weighted by Crippen LogP contribution is 2.24. The van der Waals surface area contributed by atoms with Crippen LogP contribution in [0, 0.1) is 0 Å². The van der Waals surface area contributed by atoms with E-state index >= 15 is 0 Å². The van der Waals surface area contributed by atoms with Crippen molar-refractivity contribution in [1.82, 2.24) is 4.98 Å². The van der Waals surface area contributed by atoms with Crippen LogP contribution in [-0.4, -0.2) is 18.0 Å². The number of hydrogen-bond donors (Lipinski definition) is 1. The van der Waals surface area contributed by atoms with E-state index in [1.165, 1.54) is 0 Å². The van der Waals surface area contributed by atoms with Crippen molar-refractivity contribution in [3.8, 4) is 5.75 Å². The van der Waals surface area contributed by atoms with Gasteiger partial charge in [-0.15, -0.1) is 0 Å². The average Bonchev–Trinajstić information content (AvgIpc) is 2.61. The molecule has 0 aliphatic rings. The Bertz CT molecular complexity index is 859. The van der Waals surface area contributed by atoms with Gasteiger partial charge in [-0.3, -0.25) is 9.78 Å². The molecule has 0 aliphatic carbocycles. The van der Waals surface area contributed by atoms with E-state index in [-0.39, 0.29) is 5.91 Å². The van der Waals surface area contributed by atoms with Crippen molar-refractivity contribution in [1.29, 1.82) is 0 Å². The third-order valence-electron chi connectivity index (χ3n) is 3.84. The standard InChI is InChI=1S/C19H18N2O2/c1-3-13-6-4-5-7-17(13)21-19(22)15-10-11-20-18-9-8-14(23-2)12-16(15)18/h4-12H,3H2,1-2H3,(H,21,22). The molecule has 1 N–H and O–H groups in total. The fourth-order valence-electron chi connectivity index (χ4n) is 2.59. The number of pyridine rings is 1. The van der Waals surface area contributed by atoms with Crippen molar-refractivity contribution < 1.29 is 9.53 Å². The molecular weight excluding hydrogens is 288 g/mol. The summed E-state index contributed by atoms with van der Waals surface area (Å²) >= 11 is 0. The van der Waals surface area contributed by atoms with Crippen molar-refractivity contribution in [2.24, 2.45) is 0 Å². The maximum absolute atomic E-state index is 12.7. The van der Waals surface area contributed by atoms with E-state index in [0.29, 0.717) is 11.3 Å². The van der Waals surface area contributed by atoms with Crippen LogP contribution in [0.4, 0.5) is 5.69 Å². The van der Waals surface area contributed by atoms with E-state index in [4.69, 9.17) is 4.74 Å². The lowest BCUT2D eigenvalue weighted by Crippen LogP contribution is -2.14. The molecule has 23 heavy (non-hydrogen) atoms. The molecule has 3 rings (SSSR count). The topological polar surface area (TPSA) is 51.2 Å². The number of ether oxygens (including phenoxy) is 1. The quantitative estimate of drug-likeness (QED) is 0.791. The van der Waals surface area contributed by atoms with E-state index in [9.17, 15) is 4.79 Å². The number of para-hydroxylation sites is 1. The molecule has 116 valence electrons. The van der Waals surface area contributed by atoms with Crippen molar-refractivity contribution in [2.45, 2.75) is 13.3 Å². The van der Waals surface area contributed by atoms with Crippen LogP contribution < -0.4 is 10.1 Å². The Morgan fingerprint density at radius 2 is 2.00 bits per heavy atom. The number of carbonyl (C=O) groups is 1. The number of nitrogens with zero attached hydrogens (tertiary/aromatic N) is 1. The number of aromatic nitrogens is 1. The van der Waals surface area contributed by atoms with E-state index in [0.717, 1.165) is 28.6 Å². The summed E-state index contributed by atoms with van der Waals surface area (Å²) < 4.78 is 5.25.